The number of likely N-dealkylation sites (N-methyl/N-ethyl adjacent to an activating group) is 1. The van der Waals surface area contributed by atoms with E-state index in [2.05, 4.69) is 53.3 Å². The summed E-state index contributed by atoms with van der Waals surface area (Å²) < 4.78 is 30.4. The number of sulfonamides is 1. The van der Waals surface area contributed by atoms with Crippen molar-refractivity contribution in [2.24, 2.45) is 0 Å². The van der Waals surface area contributed by atoms with Crippen molar-refractivity contribution < 1.29 is 23.4 Å². The first-order chi connectivity index (χ1) is 20.9. The van der Waals surface area contributed by atoms with Crippen molar-refractivity contribution in [2.75, 3.05) is 30.9 Å². The first-order valence-electron chi connectivity index (χ1n) is 15.1. The maximum absolute atomic E-state index is 12.8. The van der Waals surface area contributed by atoms with Gasteiger partial charge in [0.25, 0.3) is 10.0 Å². The predicted molar refractivity (Wildman–Crippen MR) is 176 cm³/mol. The van der Waals surface area contributed by atoms with Crippen molar-refractivity contribution in [1.29, 1.82) is 0 Å². The third-order valence-corrected chi connectivity index (χ3v) is 9.52. The Morgan fingerprint density at radius 1 is 0.977 bits per heavy atom. The van der Waals surface area contributed by atoms with E-state index in [-0.39, 0.29) is 22.5 Å². The van der Waals surface area contributed by atoms with Gasteiger partial charge in [-0.1, -0.05) is 44.2 Å². The molecule has 4 aromatic rings. The lowest BCUT2D eigenvalue weighted by Gasteiger charge is -2.29. The maximum Gasteiger partial charge on any atom is 0.335 e. The van der Waals surface area contributed by atoms with E-state index in [4.69, 9.17) is 0 Å². The lowest BCUT2D eigenvalue weighted by atomic mass is 9.99. The van der Waals surface area contributed by atoms with Crippen LogP contribution in [0.2, 0.25) is 0 Å². The molecule has 4 rings (SSSR count). The van der Waals surface area contributed by atoms with Gasteiger partial charge in [-0.15, -0.1) is 0 Å². The average Bonchev–Trinajstić information content (AvgIpc) is 3.36. The van der Waals surface area contributed by atoms with Crippen LogP contribution in [0, 0.1) is 0 Å². The monoisotopic (exact) mass is 620 g/mol. The third kappa shape index (κ3) is 8.47. The van der Waals surface area contributed by atoms with Crippen LogP contribution in [0.15, 0.2) is 83.8 Å². The van der Waals surface area contributed by atoms with Gasteiger partial charge in [0.1, 0.15) is 0 Å². The van der Waals surface area contributed by atoms with Crippen LogP contribution < -0.4 is 10.0 Å². The Kier molecular flexibility index (Phi) is 10.9. The molecular weight excluding hydrogens is 576 g/mol. The molecule has 10 heteroatoms. The second-order valence-electron chi connectivity index (χ2n) is 11.7. The molecule has 1 atom stereocenters. The van der Waals surface area contributed by atoms with Crippen LogP contribution in [-0.2, 0) is 23.0 Å². The standard InChI is InChI=1S/C34H44N4O5S/c1-5-37(6-2)19-17-29-23-27-21-26(33(40)41)15-16-31(27)38(29)20-18-34(3,4)35-24-32(39)25-11-10-12-28(22-25)36-44(42,43)30-13-8-7-9-14-30/h7-16,21-23,32,35-36,39H,5-6,17-20,24H2,1-4H3,(H,40,41)/t32-/m0/s1. The number of carbonyl (C=O) groups is 1. The largest absolute Gasteiger partial charge is 0.478 e. The van der Waals surface area contributed by atoms with Crippen LogP contribution in [0.25, 0.3) is 10.9 Å². The van der Waals surface area contributed by atoms with Crippen LogP contribution in [0.5, 0.6) is 0 Å². The molecule has 0 unspecified atom stereocenters. The number of anilines is 1. The second kappa shape index (κ2) is 14.4. The highest BCUT2D eigenvalue weighted by Crippen LogP contribution is 2.25. The number of nitrogens with zero attached hydrogens (tertiary/aromatic N) is 2. The Morgan fingerprint density at radius 3 is 2.39 bits per heavy atom. The highest BCUT2D eigenvalue weighted by Gasteiger charge is 2.22. The molecule has 0 bridgehead atoms. The minimum atomic E-state index is -3.74. The van der Waals surface area contributed by atoms with Crippen LogP contribution in [-0.4, -0.2) is 65.8 Å². The molecule has 0 saturated heterocycles. The van der Waals surface area contributed by atoms with Gasteiger partial charge in [0.05, 0.1) is 16.6 Å². The van der Waals surface area contributed by atoms with Crippen LogP contribution in [0.1, 0.15) is 61.8 Å². The lowest BCUT2D eigenvalue weighted by Crippen LogP contribution is -2.42. The van der Waals surface area contributed by atoms with Gasteiger partial charge in [0.15, 0.2) is 0 Å². The number of aromatic carboxylic acids is 1. The van der Waals surface area contributed by atoms with Crippen molar-refractivity contribution in [3.05, 3.63) is 95.7 Å². The zero-order chi connectivity index (χ0) is 31.9. The Labute approximate surface area is 260 Å². The number of aliphatic hydroxyl groups excluding tert-OH is 1. The number of rotatable bonds is 16. The number of carboxylic acid groups (broad SMARTS) is 1. The molecule has 3 aromatic carbocycles. The van der Waals surface area contributed by atoms with Gasteiger partial charge in [0, 0.05) is 53.9 Å². The van der Waals surface area contributed by atoms with Crippen molar-refractivity contribution in [2.45, 2.75) is 63.6 Å². The molecule has 0 saturated carbocycles. The van der Waals surface area contributed by atoms with E-state index in [0.717, 1.165) is 49.9 Å². The fraction of sp³-hybridized carbons (Fsp3) is 0.382. The number of hydrogen-bond acceptors (Lipinski definition) is 6. The third-order valence-electron chi connectivity index (χ3n) is 8.12. The zero-order valence-corrected chi connectivity index (χ0v) is 26.8. The molecule has 1 heterocycles. The van der Waals surface area contributed by atoms with Crippen LogP contribution in [0.3, 0.4) is 0 Å². The highest BCUT2D eigenvalue weighted by atomic mass is 32.2. The smallest absolute Gasteiger partial charge is 0.335 e. The predicted octanol–water partition coefficient (Wildman–Crippen LogP) is 5.52. The van der Waals surface area contributed by atoms with Gasteiger partial charge in [-0.3, -0.25) is 4.72 Å². The summed E-state index contributed by atoms with van der Waals surface area (Å²) in [5, 5.41) is 24.9. The molecule has 0 spiro atoms. The van der Waals surface area contributed by atoms with E-state index >= 15 is 0 Å². The highest BCUT2D eigenvalue weighted by molar-refractivity contribution is 7.92. The molecular formula is C34H44N4O5S. The maximum atomic E-state index is 12.8. The second-order valence-corrected chi connectivity index (χ2v) is 13.4. The van der Waals surface area contributed by atoms with Gasteiger partial charge < -0.3 is 25.0 Å². The minimum Gasteiger partial charge on any atom is -0.478 e. The number of aliphatic hydroxyl groups is 1. The summed E-state index contributed by atoms with van der Waals surface area (Å²) in [6, 6.07) is 22.4. The molecule has 0 aliphatic rings. The van der Waals surface area contributed by atoms with Gasteiger partial charge in [-0.2, -0.15) is 0 Å². The fourth-order valence-corrected chi connectivity index (χ4v) is 6.41. The van der Waals surface area contributed by atoms with Crippen molar-refractivity contribution >= 4 is 32.6 Å². The number of carboxylic acids is 1. The first kappa shape index (κ1) is 33.2. The van der Waals surface area contributed by atoms with E-state index in [1.165, 1.54) is 17.8 Å². The van der Waals surface area contributed by atoms with Gasteiger partial charge in [-0.25, -0.2) is 13.2 Å². The summed E-state index contributed by atoms with van der Waals surface area (Å²) in [5.74, 6) is -0.938. The molecule has 236 valence electrons. The van der Waals surface area contributed by atoms with E-state index in [1.807, 2.05) is 6.07 Å². The van der Waals surface area contributed by atoms with E-state index in [0.29, 0.717) is 11.3 Å². The number of benzene rings is 3. The fourth-order valence-electron chi connectivity index (χ4n) is 5.34. The van der Waals surface area contributed by atoms with E-state index in [1.54, 1.807) is 54.6 Å². The van der Waals surface area contributed by atoms with Crippen molar-refractivity contribution in [3.63, 3.8) is 0 Å². The number of aryl methyl sites for hydroxylation is 1. The molecule has 44 heavy (non-hydrogen) atoms. The van der Waals surface area contributed by atoms with Crippen LogP contribution >= 0.6 is 0 Å². The van der Waals surface area contributed by atoms with Crippen molar-refractivity contribution in [3.8, 4) is 0 Å². The molecule has 0 fully saturated rings. The number of β-amino-alcohol motifs (C(OH)–C–C–N with tert-alkyl or cyclic N) is 1. The van der Waals surface area contributed by atoms with E-state index in [9.17, 15) is 23.4 Å². The van der Waals surface area contributed by atoms with Crippen LogP contribution in [0.4, 0.5) is 5.69 Å². The van der Waals surface area contributed by atoms with Gasteiger partial charge >= 0.3 is 5.97 Å². The topological polar surface area (TPSA) is 124 Å². The zero-order valence-electron chi connectivity index (χ0n) is 26.0. The summed E-state index contributed by atoms with van der Waals surface area (Å²) in [4.78, 5) is 14.1. The molecule has 1 aromatic heterocycles. The number of aromatic nitrogens is 1. The summed E-state index contributed by atoms with van der Waals surface area (Å²) in [7, 11) is -3.74. The minimum absolute atomic E-state index is 0.170. The number of nitrogens with one attached hydrogen (secondary N) is 2. The average molecular weight is 621 g/mol. The summed E-state index contributed by atoms with van der Waals surface area (Å²) in [6.45, 7) is 12.4. The normalized spacial score (nSPS) is 13.0. The molecule has 0 radical (unpaired) electrons. The number of hydrogen-bond donors (Lipinski definition) is 4. The molecule has 4 N–H and O–H groups in total. The Morgan fingerprint density at radius 2 is 1.70 bits per heavy atom. The molecule has 9 nitrogen and oxygen atoms in total. The summed E-state index contributed by atoms with van der Waals surface area (Å²) in [6.07, 6.45) is 0.775. The quantitative estimate of drug-likeness (QED) is 0.130. The SMILES string of the molecule is CCN(CC)CCc1cc2cc(C(=O)O)ccc2n1CCC(C)(C)NC[C@H](O)c1cccc(NS(=O)(=O)c2ccccc2)c1. The number of fused-ring (bicyclic) bond motifs is 1. The summed E-state index contributed by atoms with van der Waals surface area (Å²) in [5.41, 5.74) is 3.10. The first-order valence-corrected chi connectivity index (χ1v) is 16.6. The Balaban J connectivity index is 1.43. The van der Waals surface area contributed by atoms with Gasteiger partial charge in [-0.05, 0) is 87.5 Å². The molecule has 0 aliphatic carbocycles. The lowest BCUT2D eigenvalue weighted by molar-refractivity contribution is 0.0697. The Bertz CT molecular complexity index is 1660. The van der Waals surface area contributed by atoms with Crippen molar-refractivity contribution in [1.82, 2.24) is 14.8 Å². The molecule has 0 amide bonds. The Hall–Kier alpha value is -3.70. The van der Waals surface area contributed by atoms with E-state index < -0.39 is 22.1 Å². The molecule has 0 aliphatic heterocycles. The summed E-state index contributed by atoms with van der Waals surface area (Å²) >= 11 is 0. The van der Waals surface area contributed by atoms with Gasteiger partial charge in [0.2, 0.25) is 0 Å².